The molecular weight excluding hydrogens is 272 g/mol. The number of carboxylic acid groups (broad SMARTS) is 1. The summed E-state index contributed by atoms with van der Waals surface area (Å²) in [5.74, 6) is -1.11. The fraction of sp³-hybridized carbons (Fsp3) is 0.727. The van der Waals surface area contributed by atoms with Crippen LogP contribution in [-0.2, 0) is 14.3 Å². The first kappa shape index (κ1) is 15.6. The highest BCUT2D eigenvalue weighted by atomic mass is 32.2. The van der Waals surface area contributed by atoms with Crippen LogP contribution in [0.1, 0.15) is 6.92 Å². The molecule has 1 heterocycles. The summed E-state index contributed by atoms with van der Waals surface area (Å²) in [6, 6.07) is -1.18. The monoisotopic (exact) mass is 290 g/mol. The summed E-state index contributed by atoms with van der Waals surface area (Å²) in [6.07, 6.45) is 0. The van der Waals surface area contributed by atoms with Crippen molar-refractivity contribution in [1.29, 1.82) is 0 Å². The molecule has 1 unspecified atom stereocenters. The van der Waals surface area contributed by atoms with Crippen LogP contribution in [0.4, 0.5) is 4.79 Å². The minimum atomic E-state index is -1.01. The van der Waals surface area contributed by atoms with E-state index in [2.05, 4.69) is 4.74 Å². The minimum Gasteiger partial charge on any atom is -0.480 e. The van der Waals surface area contributed by atoms with Crippen molar-refractivity contribution >= 4 is 29.7 Å². The summed E-state index contributed by atoms with van der Waals surface area (Å²) in [6.45, 7) is 1.85. The number of carbonyl (C=O) groups excluding carboxylic acids is 2. The quantitative estimate of drug-likeness (QED) is 0.750. The summed E-state index contributed by atoms with van der Waals surface area (Å²) >= 11 is 1.40. The fourth-order valence-electron chi connectivity index (χ4n) is 1.82. The standard InChI is InChI=1S/C11H18N2O5S/c1-7(10(16)18-3)4-12(2)11(17)13-6-19-5-8(13)9(14)15/h7-8H,4-6H2,1-3H3,(H,14,15)/t7?,8-/m0/s1. The Bertz CT molecular complexity index is 376. The van der Waals surface area contributed by atoms with Gasteiger partial charge in [-0.05, 0) is 0 Å². The largest absolute Gasteiger partial charge is 0.480 e. The van der Waals surface area contributed by atoms with Crippen molar-refractivity contribution in [1.82, 2.24) is 9.80 Å². The average Bonchev–Trinajstić information content (AvgIpc) is 2.85. The summed E-state index contributed by atoms with van der Waals surface area (Å²) < 4.78 is 4.59. The third-order valence-corrected chi connectivity index (χ3v) is 3.90. The molecule has 1 fully saturated rings. The van der Waals surface area contributed by atoms with Crippen LogP contribution in [0.3, 0.4) is 0 Å². The summed E-state index contributed by atoms with van der Waals surface area (Å²) in [5, 5.41) is 9.02. The van der Waals surface area contributed by atoms with E-state index in [0.29, 0.717) is 11.6 Å². The Morgan fingerprint density at radius 1 is 1.53 bits per heavy atom. The highest BCUT2D eigenvalue weighted by Crippen LogP contribution is 2.22. The van der Waals surface area contributed by atoms with Crippen LogP contribution in [-0.4, -0.2) is 71.2 Å². The molecule has 7 nitrogen and oxygen atoms in total. The number of carboxylic acids is 1. The Balaban J connectivity index is 2.61. The van der Waals surface area contributed by atoms with E-state index < -0.39 is 23.9 Å². The Hall–Kier alpha value is -1.44. The number of ether oxygens (including phenoxy) is 1. The maximum Gasteiger partial charge on any atom is 0.327 e. The number of rotatable bonds is 4. The number of hydrogen-bond donors (Lipinski definition) is 1. The lowest BCUT2D eigenvalue weighted by Gasteiger charge is -2.28. The van der Waals surface area contributed by atoms with Crippen molar-refractivity contribution in [2.45, 2.75) is 13.0 Å². The van der Waals surface area contributed by atoms with E-state index in [9.17, 15) is 14.4 Å². The van der Waals surface area contributed by atoms with Crippen molar-refractivity contribution in [3.63, 3.8) is 0 Å². The van der Waals surface area contributed by atoms with Crippen molar-refractivity contribution in [3.8, 4) is 0 Å². The number of urea groups is 1. The number of methoxy groups -OCH3 is 1. The summed E-state index contributed by atoms with van der Waals surface area (Å²) in [4.78, 5) is 37.1. The molecule has 19 heavy (non-hydrogen) atoms. The number of carbonyl (C=O) groups is 3. The van der Waals surface area contributed by atoms with Crippen LogP contribution in [0.15, 0.2) is 0 Å². The molecule has 0 aromatic carbocycles. The van der Waals surface area contributed by atoms with Crippen molar-refractivity contribution in [2.75, 3.05) is 32.3 Å². The molecule has 0 bridgehead atoms. The molecule has 2 amide bonds. The SMILES string of the molecule is COC(=O)C(C)CN(C)C(=O)N1CSC[C@H]1C(=O)O. The van der Waals surface area contributed by atoms with Gasteiger partial charge in [0.1, 0.15) is 6.04 Å². The first-order valence-corrected chi connectivity index (χ1v) is 6.94. The van der Waals surface area contributed by atoms with Crippen LogP contribution in [0, 0.1) is 5.92 Å². The van der Waals surface area contributed by atoms with Crippen LogP contribution in [0.25, 0.3) is 0 Å². The predicted molar refractivity (Wildman–Crippen MR) is 69.8 cm³/mol. The molecule has 0 radical (unpaired) electrons. The summed E-state index contributed by atoms with van der Waals surface area (Å²) in [5.41, 5.74) is 0. The lowest BCUT2D eigenvalue weighted by molar-refractivity contribution is -0.145. The van der Waals surface area contributed by atoms with Gasteiger partial charge in [0.15, 0.2) is 0 Å². The zero-order valence-electron chi connectivity index (χ0n) is 11.2. The third kappa shape index (κ3) is 3.76. The van der Waals surface area contributed by atoms with Gasteiger partial charge in [0, 0.05) is 19.3 Å². The highest BCUT2D eigenvalue weighted by Gasteiger charge is 2.36. The number of aliphatic carboxylic acids is 1. The van der Waals surface area contributed by atoms with Gasteiger partial charge in [-0.1, -0.05) is 6.92 Å². The summed E-state index contributed by atoms with van der Waals surface area (Å²) in [7, 11) is 2.84. The third-order valence-electron chi connectivity index (χ3n) is 2.89. The molecule has 0 aromatic rings. The Morgan fingerprint density at radius 3 is 2.68 bits per heavy atom. The first-order chi connectivity index (χ1) is 8.88. The first-order valence-electron chi connectivity index (χ1n) is 5.78. The zero-order chi connectivity index (χ0) is 14.6. The highest BCUT2D eigenvalue weighted by molar-refractivity contribution is 7.99. The molecule has 2 atom stereocenters. The Morgan fingerprint density at radius 2 is 2.16 bits per heavy atom. The van der Waals surface area contributed by atoms with Crippen LogP contribution in [0.2, 0.25) is 0 Å². The zero-order valence-corrected chi connectivity index (χ0v) is 12.0. The lowest BCUT2D eigenvalue weighted by atomic mass is 10.2. The smallest absolute Gasteiger partial charge is 0.327 e. The average molecular weight is 290 g/mol. The maximum atomic E-state index is 12.1. The molecule has 8 heteroatoms. The van der Waals surface area contributed by atoms with Crippen molar-refractivity contribution < 1.29 is 24.2 Å². The molecule has 0 saturated carbocycles. The van der Waals surface area contributed by atoms with Gasteiger partial charge in [0.05, 0.1) is 18.9 Å². The predicted octanol–water partition coefficient (Wildman–Crippen LogP) is 0.307. The van der Waals surface area contributed by atoms with Crippen molar-refractivity contribution in [3.05, 3.63) is 0 Å². The molecule has 1 rings (SSSR count). The van der Waals surface area contributed by atoms with E-state index in [-0.39, 0.29) is 12.6 Å². The van der Waals surface area contributed by atoms with Gasteiger partial charge in [-0.3, -0.25) is 4.79 Å². The van der Waals surface area contributed by atoms with Crippen LogP contribution < -0.4 is 0 Å². The number of hydrogen-bond acceptors (Lipinski definition) is 5. The van der Waals surface area contributed by atoms with Gasteiger partial charge in [-0.2, -0.15) is 0 Å². The molecule has 108 valence electrons. The number of thioether (sulfide) groups is 1. The maximum absolute atomic E-state index is 12.1. The minimum absolute atomic E-state index is 0.193. The number of nitrogens with zero attached hydrogens (tertiary/aromatic N) is 2. The molecule has 1 saturated heterocycles. The van der Waals surface area contributed by atoms with E-state index >= 15 is 0 Å². The Labute approximate surface area is 115 Å². The van der Waals surface area contributed by atoms with E-state index in [4.69, 9.17) is 5.11 Å². The molecule has 0 aliphatic carbocycles. The molecule has 1 N–H and O–H groups in total. The topological polar surface area (TPSA) is 87.2 Å². The number of amides is 2. The van der Waals surface area contributed by atoms with Gasteiger partial charge >= 0.3 is 18.0 Å². The van der Waals surface area contributed by atoms with Crippen LogP contribution >= 0.6 is 11.8 Å². The van der Waals surface area contributed by atoms with Crippen LogP contribution in [0.5, 0.6) is 0 Å². The molecule has 1 aliphatic heterocycles. The lowest BCUT2D eigenvalue weighted by Crippen LogP contribution is -2.48. The van der Waals surface area contributed by atoms with Gasteiger partial charge in [-0.15, -0.1) is 11.8 Å². The molecule has 1 aliphatic rings. The van der Waals surface area contributed by atoms with Crippen molar-refractivity contribution in [2.24, 2.45) is 5.92 Å². The van der Waals surface area contributed by atoms with E-state index in [1.54, 1.807) is 14.0 Å². The second kappa shape index (κ2) is 6.65. The normalized spacial score (nSPS) is 19.9. The van der Waals surface area contributed by atoms with Gasteiger partial charge < -0.3 is 19.6 Å². The van der Waals surface area contributed by atoms with Gasteiger partial charge in [0.2, 0.25) is 0 Å². The molecule has 0 spiro atoms. The van der Waals surface area contributed by atoms with E-state index in [0.717, 1.165) is 0 Å². The van der Waals surface area contributed by atoms with Gasteiger partial charge in [-0.25, -0.2) is 9.59 Å². The van der Waals surface area contributed by atoms with E-state index in [1.807, 2.05) is 0 Å². The van der Waals surface area contributed by atoms with Gasteiger partial charge in [0.25, 0.3) is 0 Å². The second-order valence-electron chi connectivity index (χ2n) is 4.41. The molecule has 0 aromatic heterocycles. The number of esters is 1. The second-order valence-corrected chi connectivity index (χ2v) is 5.41. The molecular formula is C11H18N2O5S. The Kier molecular flexibility index (Phi) is 5.46. The van der Waals surface area contributed by atoms with E-state index in [1.165, 1.54) is 28.7 Å². The fourth-order valence-corrected chi connectivity index (χ4v) is 2.96.